The van der Waals surface area contributed by atoms with Gasteiger partial charge in [-0.1, -0.05) is 38.0 Å². The maximum atomic E-state index is 12.5. The Labute approximate surface area is 155 Å². The lowest BCUT2D eigenvalue weighted by Crippen LogP contribution is -2.44. The number of hydrogen-bond donors (Lipinski definition) is 2. The molecule has 1 aliphatic carbocycles. The number of nitrogens with zero attached hydrogens (tertiary/aromatic N) is 1. The van der Waals surface area contributed by atoms with Crippen molar-refractivity contribution in [2.75, 3.05) is 19.7 Å². The molecule has 1 aliphatic heterocycles. The summed E-state index contributed by atoms with van der Waals surface area (Å²) in [6.07, 6.45) is 6.25. The molecule has 4 rings (SSSR count). The van der Waals surface area contributed by atoms with Gasteiger partial charge in [0.05, 0.1) is 12.7 Å². The van der Waals surface area contributed by atoms with Crippen molar-refractivity contribution in [3.8, 4) is 0 Å². The molecule has 5 nitrogen and oxygen atoms in total. The smallest absolute Gasteiger partial charge is 0.317 e. The van der Waals surface area contributed by atoms with E-state index in [4.69, 9.17) is 4.74 Å². The van der Waals surface area contributed by atoms with Gasteiger partial charge in [0.2, 0.25) is 0 Å². The van der Waals surface area contributed by atoms with E-state index < -0.39 is 0 Å². The van der Waals surface area contributed by atoms with E-state index in [0.717, 1.165) is 24.9 Å². The molecule has 1 aromatic carbocycles. The fourth-order valence-corrected chi connectivity index (χ4v) is 4.35. The van der Waals surface area contributed by atoms with E-state index >= 15 is 0 Å². The zero-order valence-corrected chi connectivity index (χ0v) is 15.6. The lowest BCUT2D eigenvalue weighted by Gasteiger charge is -2.29. The maximum absolute atomic E-state index is 12.5. The molecule has 1 fully saturated rings. The second kappa shape index (κ2) is 7.70. The van der Waals surface area contributed by atoms with Crippen molar-refractivity contribution in [1.82, 2.24) is 15.2 Å². The van der Waals surface area contributed by atoms with Crippen LogP contribution in [0.1, 0.15) is 43.9 Å². The topological polar surface area (TPSA) is 57.4 Å². The number of aromatic amines is 1. The highest BCUT2D eigenvalue weighted by atomic mass is 16.5. The highest BCUT2D eigenvalue weighted by molar-refractivity contribution is 5.85. The molecule has 0 bridgehead atoms. The minimum Gasteiger partial charge on any atom is -0.376 e. The van der Waals surface area contributed by atoms with E-state index in [9.17, 15) is 4.79 Å². The fourth-order valence-electron chi connectivity index (χ4n) is 4.35. The van der Waals surface area contributed by atoms with Crippen LogP contribution in [-0.2, 0) is 17.7 Å². The molecule has 2 N–H and O–H groups in total. The van der Waals surface area contributed by atoms with Crippen molar-refractivity contribution in [3.05, 3.63) is 35.5 Å². The van der Waals surface area contributed by atoms with Crippen LogP contribution >= 0.6 is 0 Å². The van der Waals surface area contributed by atoms with Crippen LogP contribution < -0.4 is 5.32 Å². The summed E-state index contributed by atoms with van der Waals surface area (Å²) >= 11 is 0. The zero-order chi connectivity index (χ0) is 17.9. The van der Waals surface area contributed by atoms with Crippen molar-refractivity contribution in [2.24, 2.45) is 5.92 Å². The minimum atomic E-state index is 0.0150. The molecule has 2 aliphatic rings. The van der Waals surface area contributed by atoms with E-state index in [2.05, 4.69) is 35.4 Å². The molecular weight excluding hydrogens is 326 g/mol. The van der Waals surface area contributed by atoms with E-state index in [0.29, 0.717) is 31.7 Å². The Morgan fingerprint density at radius 1 is 1.31 bits per heavy atom. The van der Waals surface area contributed by atoms with Crippen LogP contribution in [0.25, 0.3) is 10.9 Å². The van der Waals surface area contributed by atoms with Crippen molar-refractivity contribution in [3.63, 3.8) is 0 Å². The molecule has 26 heavy (non-hydrogen) atoms. The predicted octanol–water partition coefficient (Wildman–Crippen LogP) is 3.83. The molecule has 2 heterocycles. The van der Waals surface area contributed by atoms with E-state index in [1.54, 1.807) is 0 Å². The number of urea groups is 1. The molecule has 2 aromatic rings. The number of fused-ring (bicyclic) bond motifs is 3. The second-order valence-corrected chi connectivity index (χ2v) is 7.70. The maximum Gasteiger partial charge on any atom is 0.317 e. The Balaban J connectivity index is 1.28. The van der Waals surface area contributed by atoms with Crippen molar-refractivity contribution in [1.29, 1.82) is 0 Å². The van der Waals surface area contributed by atoms with E-state index in [-0.39, 0.29) is 6.03 Å². The number of nitrogens with one attached hydrogen (secondary N) is 2. The van der Waals surface area contributed by atoms with Gasteiger partial charge in [0.25, 0.3) is 0 Å². The van der Waals surface area contributed by atoms with Crippen molar-refractivity contribution < 1.29 is 9.53 Å². The normalized spacial score (nSPS) is 23.0. The molecule has 1 saturated carbocycles. The van der Waals surface area contributed by atoms with Crippen LogP contribution in [0.4, 0.5) is 4.79 Å². The number of carbonyl (C=O) groups is 1. The minimum absolute atomic E-state index is 0.0150. The van der Waals surface area contributed by atoms with Gasteiger partial charge in [0.1, 0.15) is 0 Å². The Hall–Kier alpha value is -2.01. The highest BCUT2D eigenvalue weighted by Gasteiger charge is 2.24. The number of amides is 2. The third kappa shape index (κ3) is 3.58. The summed E-state index contributed by atoms with van der Waals surface area (Å²) in [6, 6.07) is 8.34. The van der Waals surface area contributed by atoms with Crippen LogP contribution in [0.15, 0.2) is 24.3 Å². The van der Waals surface area contributed by atoms with Crippen LogP contribution in [0, 0.1) is 5.92 Å². The van der Waals surface area contributed by atoms with Crippen LogP contribution in [0.3, 0.4) is 0 Å². The van der Waals surface area contributed by atoms with Gasteiger partial charge < -0.3 is 19.9 Å². The molecular formula is C21H29N3O2. The number of rotatable bonds is 4. The molecule has 1 aromatic heterocycles. The highest BCUT2D eigenvalue weighted by Crippen LogP contribution is 2.28. The van der Waals surface area contributed by atoms with E-state index in [1.807, 2.05) is 11.0 Å². The van der Waals surface area contributed by atoms with Gasteiger partial charge in [0.15, 0.2) is 0 Å². The third-order valence-corrected chi connectivity index (χ3v) is 5.91. The largest absolute Gasteiger partial charge is 0.376 e. The number of benzene rings is 1. The van der Waals surface area contributed by atoms with Crippen molar-refractivity contribution >= 4 is 16.9 Å². The van der Waals surface area contributed by atoms with E-state index in [1.165, 1.54) is 35.9 Å². The van der Waals surface area contributed by atoms with Crippen LogP contribution in [0.2, 0.25) is 0 Å². The summed E-state index contributed by atoms with van der Waals surface area (Å²) in [7, 11) is 0. The number of aromatic nitrogens is 1. The van der Waals surface area contributed by atoms with Gasteiger partial charge >= 0.3 is 6.03 Å². The molecule has 0 unspecified atom stereocenters. The molecule has 5 heteroatoms. The quantitative estimate of drug-likeness (QED) is 0.819. The number of ether oxygens (including phenoxy) is 1. The summed E-state index contributed by atoms with van der Waals surface area (Å²) in [5, 5.41) is 4.26. The standard InChI is InChI=1S/C21H29N3O2/c1-15-6-2-5-9-20(15)26-13-11-22-21(25)24-12-10-19-17(14-24)16-7-3-4-8-18(16)23-19/h3-4,7-8,15,20,23H,2,5-6,9-14H2,1H3,(H,22,25)/t15-,20+/m1/s1. The lowest BCUT2D eigenvalue weighted by atomic mass is 9.88. The van der Waals surface area contributed by atoms with Gasteiger partial charge in [-0.15, -0.1) is 0 Å². The average molecular weight is 355 g/mol. The molecule has 0 saturated heterocycles. The summed E-state index contributed by atoms with van der Waals surface area (Å²) < 4.78 is 6.00. The molecule has 0 spiro atoms. The second-order valence-electron chi connectivity index (χ2n) is 7.70. The Kier molecular flexibility index (Phi) is 5.16. The first kappa shape index (κ1) is 17.4. The zero-order valence-electron chi connectivity index (χ0n) is 15.6. The van der Waals surface area contributed by atoms with Crippen LogP contribution in [0.5, 0.6) is 0 Å². The Morgan fingerprint density at radius 3 is 3.04 bits per heavy atom. The summed E-state index contributed by atoms with van der Waals surface area (Å²) in [4.78, 5) is 17.9. The van der Waals surface area contributed by atoms with Gasteiger partial charge in [0, 0.05) is 48.2 Å². The molecule has 0 radical (unpaired) electrons. The predicted molar refractivity (Wildman–Crippen MR) is 103 cm³/mol. The number of H-pyrrole nitrogens is 1. The first-order valence-corrected chi connectivity index (χ1v) is 9.95. The molecule has 140 valence electrons. The van der Waals surface area contributed by atoms with Gasteiger partial charge in [-0.3, -0.25) is 0 Å². The number of hydrogen-bond acceptors (Lipinski definition) is 2. The summed E-state index contributed by atoms with van der Waals surface area (Å²) in [6.45, 7) is 4.89. The van der Waals surface area contributed by atoms with Gasteiger partial charge in [-0.25, -0.2) is 4.79 Å². The summed E-state index contributed by atoms with van der Waals surface area (Å²) in [5.41, 5.74) is 3.69. The Bertz CT molecular complexity index is 770. The number of carbonyl (C=O) groups excluding carboxylic acids is 1. The first-order valence-electron chi connectivity index (χ1n) is 9.95. The SMILES string of the molecule is C[C@@H]1CCCC[C@@H]1OCCNC(=O)N1CCc2[nH]c3ccccc3c2C1. The third-order valence-electron chi connectivity index (χ3n) is 5.91. The first-order chi connectivity index (χ1) is 12.7. The lowest BCUT2D eigenvalue weighted by molar-refractivity contribution is -0.00274. The monoisotopic (exact) mass is 355 g/mol. The molecule has 2 amide bonds. The van der Waals surface area contributed by atoms with Gasteiger partial charge in [-0.2, -0.15) is 0 Å². The molecule has 2 atom stereocenters. The summed E-state index contributed by atoms with van der Waals surface area (Å²) in [5.74, 6) is 0.641. The van der Waals surface area contributed by atoms with Crippen LogP contribution in [-0.4, -0.2) is 41.7 Å². The number of para-hydroxylation sites is 1. The Morgan fingerprint density at radius 2 is 2.15 bits per heavy atom. The fraction of sp³-hybridized carbons (Fsp3) is 0.571. The van der Waals surface area contributed by atoms with Crippen molar-refractivity contribution in [2.45, 2.75) is 51.7 Å². The van der Waals surface area contributed by atoms with Gasteiger partial charge in [-0.05, 0) is 24.8 Å². The average Bonchev–Trinajstić information content (AvgIpc) is 3.04.